The highest BCUT2D eigenvalue weighted by atomic mass is 16.5. The average molecular weight is 336 g/mol. The number of nitrogens with one attached hydrogen (secondary N) is 1. The lowest BCUT2D eigenvalue weighted by Gasteiger charge is -2.35. The molecule has 1 aromatic rings. The summed E-state index contributed by atoms with van der Waals surface area (Å²) < 4.78 is 16.5. The molecule has 0 aliphatic carbocycles. The van der Waals surface area contributed by atoms with E-state index in [4.69, 9.17) is 14.2 Å². The van der Waals surface area contributed by atoms with E-state index in [-0.39, 0.29) is 24.7 Å². The number of para-hydroxylation sites is 1. The highest BCUT2D eigenvalue weighted by Crippen LogP contribution is 2.09. The third-order valence-corrected chi connectivity index (χ3v) is 3.72. The van der Waals surface area contributed by atoms with Gasteiger partial charge in [-0.25, -0.2) is 0 Å². The molecule has 0 aromatic heterocycles. The maximum absolute atomic E-state index is 11.7. The van der Waals surface area contributed by atoms with E-state index in [1.807, 2.05) is 30.3 Å². The smallest absolute Gasteiger partial charge is 0.246 e. The van der Waals surface area contributed by atoms with Gasteiger partial charge in [0.2, 0.25) is 5.91 Å². The molecule has 1 aliphatic rings. The molecule has 2 atom stereocenters. The molecule has 0 radical (unpaired) electrons. The molecule has 0 spiro atoms. The molecule has 0 bridgehead atoms. The number of carbonyl (C=O) groups excluding carboxylic acids is 1. The van der Waals surface area contributed by atoms with Gasteiger partial charge in [-0.3, -0.25) is 9.69 Å². The summed E-state index contributed by atoms with van der Waals surface area (Å²) in [5.41, 5.74) is 0. The maximum atomic E-state index is 11.7. The van der Waals surface area contributed by atoms with Crippen LogP contribution in [0.3, 0.4) is 0 Å². The van der Waals surface area contributed by atoms with Crippen LogP contribution < -0.4 is 10.1 Å². The van der Waals surface area contributed by atoms with Crippen LogP contribution in [0, 0.1) is 0 Å². The van der Waals surface area contributed by atoms with Gasteiger partial charge in [-0.1, -0.05) is 18.2 Å². The van der Waals surface area contributed by atoms with Gasteiger partial charge in [0.25, 0.3) is 0 Å². The van der Waals surface area contributed by atoms with E-state index in [2.05, 4.69) is 24.1 Å². The van der Waals surface area contributed by atoms with Crippen molar-refractivity contribution in [1.29, 1.82) is 0 Å². The van der Waals surface area contributed by atoms with Crippen LogP contribution in [0.5, 0.6) is 5.75 Å². The van der Waals surface area contributed by atoms with Crippen LogP contribution in [-0.2, 0) is 14.3 Å². The van der Waals surface area contributed by atoms with Gasteiger partial charge >= 0.3 is 0 Å². The predicted octanol–water partition coefficient (Wildman–Crippen LogP) is 1.31. The van der Waals surface area contributed by atoms with Crippen molar-refractivity contribution in [2.24, 2.45) is 0 Å². The normalized spacial score (nSPS) is 21.4. The number of nitrogens with zero attached hydrogens (tertiary/aromatic N) is 1. The molecule has 1 fully saturated rings. The van der Waals surface area contributed by atoms with Crippen LogP contribution in [0.1, 0.15) is 13.8 Å². The first kappa shape index (κ1) is 18.7. The Balaban J connectivity index is 1.48. The van der Waals surface area contributed by atoms with Crippen LogP contribution in [0.4, 0.5) is 0 Å². The highest BCUT2D eigenvalue weighted by molar-refractivity contribution is 5.77. The SMILES string of the molecule is C[C@@H]1CN(CCNC(=O)COCCOc2ccccc2)C[C@H](C)O1. The average Bonchev–Trinajstić information content (AvgIpc) is 2.54. The van der Waals surface area contributed by atoms with Crippen molar-refractivity contribution in [1.82, 2.24) is 10.2 Å². The Morgan fingerprint density at radius 2 is 1.92 bits per heavy atom. The number of rotatable bonds is 9. The van der Waals surface area contributed by atoms with Crippen LogP contribution in [0.2, 0.25) is 0 Å². The predicted molar refractivity (Wildman–Crippen MR) is 92.2 cm³/mol. The molecule has 1 saturated heterocycles. The summed E-state index contributed by atoms with van der Waals surface area (Å²) in [6.07, 6.45) is 0.495. The third kappa shape index (κ3) is 7.29. The Morgan fingerprint density at radius 1 is 1.21 bits per heavy atom. The molecule has 1 heterocycles. The van der Waals surface area contributed by atoms with Gasteiger partial charge in [-0.15, -0.1) is 0 Å². The van der Waals surface area contributed by atoms with Gasteiger partial charge in [-0.05, 0) is 26.0 Å². The zero-order valence-corrected chi connectivity index (χ0v) is 14.6. The van der Waals surface area contributed by atoms with Gasteiger partial charge in [0.1, 0.15) is 19.0 Å². The number of benzene rings is 1. The second-order valence-electron chi connectivity index (χ2n) is 6.08. The minimum absolute atomic E-state index is 0.0636. The molecule has 0 unspecified atom stereocenters. The molecule has 1 aliphatic heterocycles. The zero-order chi connectivity index (χ0) is 17.2. The molecule has 1 aromatic carbocycles. The Hall–Kier alpha value is -1.63. The van der Waals surface area contributed by atoms with Crippen molar-refractivity contribution in [3.8, 4) is 5.75 Å². The first-order valence-electron chi connectivity index (χ1n) is 8.53. The Morgan fingerprint density at radius 3 is 2.62 bits per heavy atom. The van der Waals surface area contributed by atoms with Gasteiger partial charge < -0.3 is 19.5 Å². The molecule has 6 nitrogen and oxygen atoms in total. The Labute approximate surface area is 144 Å². The lowest BCUT2D eigenvalue weighted by Crippen LogP contribution is -2.48. The zero-order valence-electron chi connectivity index (χ0n) is 14.6. The first-order valence-corrected chi connectivity index (χ1v) is 8.53. The van der Waals surface area contributed by atoms with E-state index in [1.165, 1.54) is 0 Å². The summed E-state index contributed by atoms with van der Waals surface area (Å²) in [6.45, 7) is 8.32. The summed E-state index contributed by atoms with van der Waals surface area (Å²) in [6, 6.07) is 9.55. The van der Waals surface area contributed by atoms with E-state index in [0.717, 1.165) is 25.4 Å². The molecule has 24 heavy (non-hydrogen) atoms. The summed E-state index contributed by atoms with van der Waals surface area (Å²) in [5, 5.41) is 2.88. The van der Waals surface area contributed by atoms with Gasteiger partial charge in [-0.2, -0.15) is 0 Å². The van der Waals surface area contributed by atoms with E-state index in [0.29, 0.717) is 19.8 Å². The number of hydrogen-bond donors (Lipinski definition) is 1. The molecule has 0 saturated carbocycles. The van der Waals surface area contributed by atoms with E-state index >= 15 is 0 Å². The molecule has 2 rings (SSSR count). The van der Waals surface area contributed by atoms with E-state index in [9.17, 15) is 4.79 Å². The van der Waals surface area contributed by atoms with Crippen molar-refractivity contribution in [2.75, 3.05) is 46.0 Å². The fourth-order valence-corrected chi connectivity index (χ4v) is 2.77. The number of amides is 1. The molecule has 134 valence electrons. The summed E-state index contributed by atoms with van der Waals surface area (Å²) in [4.78, 5) is 14.0. The molecular weight excluding hydrogens is 308 g/mol. The van der Waals surface area contributed by atoms with E-state index < -0.39 is 0 Å². The van der Waals surface area contributed by atoms with Crippen LogP contribution in [0.15, 0.2) is 30.3 Å². The fourth-order valence-electron chi connectivity index (χ4n) is 2.77. The van der Waals surface area contributed by atoms with Crippen LogP contribution >= 0.6 is 0 Å². The Kier molecular flexibility index (Phi) is 8.01. The Bertz CT molecular complexity index is 473. The maximum Gasteiger partial charge on any atom is 0.246 e. The van der Waals surface area contributed by atoms with E-state index in [1.54, 1.807) is 0 Å². The van der Waals surface area contributed by atoms with Crippen molar-refractivity contribution in [2.45, 2.75) is 26.1 Å². The van der Waals surface area contributed by atoms with Crippen LogP contribution in [0.25, 0.3) is 0 Å². The van der Waals surface area contributed by atoms with Crippen molar-refractivity contribution in [3.63, 3.8) is 0 Å². The topological polar surface area (TPSA) is 60.0 Å². The fraction of sp³-hybridized carbons (Fsp3) is 0.611. The minimum atomic E-state index is -0.0935. The number of hydrogen-bond acceptors (Lipinski definition) is 5. The molecular formula is C18H28N2O4. The summed E-state index contributed by atoms with van der Waals surface area (Å²) >= 11 is 0. The minimum Gasteiger partial charge on any atom is -0.491 e. The van der Waals surface area contributed by atoms with Gasteiger partial charge in [0.15, 0.2) is 0 Å². The van der Waals surface area contributed by atoms with Gasteiger partial charge in [0, 0.05) is 26.2 Å². The highest BCUT2D eigenvalue weighted by Gasteiger charge is 2.21. The third-order valence-electron chi connectivity index (χ3n) is 3.72. The molecule has 1 N–H and O–H groups in total. The monoisotopic (exact) mass is 336 g/mol. The summed E-state index contributed by atoms with van der Waals surface area (Å²) in [7, 11) is 0. The quantitative estimate of drug-likeness (QED) is 0.689. The second kappa shape index (κ2) is 10.3. The van der Waals surface area contributed by atoms with Crippen molar-refractivity contribution in [3.05, 3.63) is 30.3 Å². The van der Waals surface area contributed by atoms with Crippen molar-refractivity contribution < 1.29 is 19.0 Å². The largest absolute Gasteiger partial charge is 0.491 e. The number of morpholine rings is 1. The lowest BCUT2D eigenvalue weighted by atomic mass is 10.2. The van der Waals surface area contributed by atoms with Gasteiger partial charge in [0.05, 0.1) is 18.8 Å². The standard InChI is InChI=1S/C18H28N2O4/c1-15-12-20(13-16(2)24-15)9-8-19-18(21)14-22-10-11-23-17-6-4-3-5-7-17/h3-7,15-16H,8-14H2,1-2H3,(H,19,21)/t15-,16+. The number of carbonyl (C=O) groups is 1. The lowest BCUT2D eigenvalue weighted by molar-refractivity contribution is -0.126. The number of ether oxygens (including phenoxy) is 3. The van der Waals surface area contributed by atoms with Crippen LogP contribution in [-0.4, -0.2) is 69.0 Å². The first-order chi connectivity index (χ1) is 11.6. The molecule has 6 heteroatoms. The summed E-state index contributed by atoms with van der Waals surface area (Å²) in [5.74, 6) is 0.712. The second-order valence-corrected chi connectivity index (χ2v) is 6.08. The molecule has 1 amide bonds. The van der Waals surface area contributed by atoms with Crippen molar-refractivity contribution >= 4 is 5.91 Å².